The van der Waals surface area contributed by atoms with Crippen LogP contribution in [0.4, 0.5) is 0 Å². The van der Waals surface area contributed by atoms with E-state index in [9.17, 15) is 0 Å². The Labute approximate surface area is 113 Å². The zero-order chi connectivity index (χ0) is 11.0. The van der Waals surface area contributed by atoms with Crippen molar-refractivity contribution < 1.29 is 0 Å². The number of nitrogens with zero attached hydrogens (tertiary/aromatic N) is 2. The molecule has 3 nitrogen and oxygen atoms in total. The standard InChI is InChI=1S/C12H19N3S.ClH/c1-9-6-15(5-4-13-9)7-11-8-16-12(14-11)10-2-3-10;/h8-10,13H,2-7H2,1H3;1H. The smallest absolute Gasteiger partial charge is 0.0959 e. The fourth-order valence-electron chi connectivity index (χ4n) is 2.30. The molecular weight excluding hydrogens is 254 g/mol. The van der Waals surface area contributed by atoms with Crippen LogP contribution >= 0.6 is 23.7 Å². The maximum Gasteiger partial charge on any atom is 0.0959 e. The third-order valence-corrected chi connectivity index (χ3v) is 4.39. The van der Waals surface area contributed by atoms with Gasteiger partial charge in [0.2, 0.25) is 0 Å². The van der Waals surface area contributed by atoms with Gasteiger partial charge in [0.05, 0.1) is 10.7 Å². The summed E-state index contributed by atoms with van der Waals surface area (Å²) in [6.45, 7) is 6.70. The van der Waals surface area contributed by atoms with Gasteiger partial charge in [0.1, 0.15) is 0 Å². The molecule has 2 aliphatic rings. The van der Waals surface area contributed by atoms with Crippen molar-refractivity contribution in [3.63, 3.8) is 0 Å². The van der Waals surface area contributed by atoms with Crippen molar-refractivity contribution in [2.75, 3.05) is 19.6 Å². The number of halogens is 1. The molecule has 5 heteroatoms. The number of nitrogens with one attached hydrogen (secondary N) is 1. The van der Waals surface area contributed by atoms with Gasteiger partial charge in [-0.25, -0.2) is 4.98 Å². The van der Waals surface area contributed by atoms with Gasteiger partial charge < -0.3 is 5.32 Å². The SMILES string of the molecule is CC1CN(Cc2csc(C3CC3)n2)CCN1.Cl. The predicted octanol–water partition coefficient (Wildman–Crippen LogP) is 2.24. The van der Waals surface area contributed by atoms with Crippen molar-refractivity contribution in [2.45, 2.75) is 38.3 Å². The lowest BCUT2D eigenvalue weighted by Gasteiger charge is -2.31. The minimum atomic E-state index is 0. The van der Waals surface area contributed by atoms with Crippen LogP contribution < -0.4 is 5.32 Å². The zero-order valence-electron chi connectivity index (χ0n) is 10.2. The van der Waals surface area contributed by atoms with Crippen molar-refractivity contribution in [3.8, 4) is 0 Å². The van der Waals surface area contributed by atoms with Crippen LogP contribution in [0.2, 0.25) is 0 Å². The third-order valence-electron chi connectivity index (χ3n) is 3.33. The van der Waals surface area contributed by atoms with Crippen molar-refractivity contribution >= 4 is 23.7 Å². The number of rotatable bonds is 3. The summed E-state index contributed by atoms with van der Waals surface area (Å²) in [7, 11) is 0. The van der Waals surface area contributed by atoms with E-state index in [2.05, 4.69) is 22.5 Å². The van der Waals surface area contributed by atoms with E-state index in [1.165, 1.54) is 23.5 Å². The summed E-state index contributed by atoms with van der Waals surface area (Å²) in [5.74, 6) is 0.806. The molecule has 1 aromatic rings. The highest BCUT2D eigenvalue weighted by atomic mass is 35.5. The van der Waals surface area contributed by atoms with Gasteiger partial charge in [-0.3, -0.25) is 4.90 Å². The van der Waals surface area contributed by atoms with Crippen LogP contribution in [0.15, 0.2) is 5.38 Å². The summed E-state index contributed by atoms with van der Waals surface area (Å²) in [6, 6.07) is 0.621. The lowest BCUT2D eigenvalue weighted by molar-refractivity contribution is 0.198. The first kappa shape index (κ1) is 13.3. The summed E-state index contributed by atoms with van der Waals surface area (Å²) in [6.07, 6.45) is 2.72. The maximum atomic E-state index is 4.75. The molecule has 17 heavy (non-hydrogen) atoms. The first-order valence-corrected chi connectivity index (χ1v) is 7.09. The van der Waals surface area contributed by atoms with Crippen LogP contribution in [0.3, 0.4) is 0 Å². The monoisotopic (exact) mass is 273 g/mol. The van der Waals surface area contributed by atoms with Crippen molar-refractivity contribution in [1.29, 1.82) is 0 Å². The Balaban J connectivity index is 0.00000108. The maximum absolute atomic E-state index is 4.75. The Bertz CT molecular complexity index is 364. The number of thiazole rings is 1. The van der Waals surface area contributed by atoms with Crippen LogP contribution in [-0.4, -0.2) is 35.6 Å². The fraction of sp³-hybridized carbons (Fsp3) is 0.750. The zero-order valence-corrected chi connectivity index (χ0v) is 11.8. The highest BCUT2D eigenvalue weighted by Gasteiger charge is 2.27. The fourth-order valence-corrected chi connectivity index (χ4v) is 3.28. The molecule has 1 saturated carbocycles. The van der Waals surface area contributed by atoms with Crippen molar-refractivity contribution in [1.82, 2.24) is 15.2 Å². The molecule has 0 aromatic carbocycles. The minimum absolute atomic E-state index is 0. The Kier molecular flexibility index (Phi) is 4.42. The number of piperazine rings is 1. The molecule has 2 fully saturated rings. The summed E-state index contributed by atoms with van der Waals surface area (Å²) in [5.41, 5.74) is 1.28. The van der Waals surface area contributed by atoms with E-state index in [4.69, 9.17) is 4.98 Å². The van der Waals surface area contributed by atoms with Gasteiger partial charge in [-0.15, -0.1) is 23.7 Å². The van der Waals surface area contributed by atoms with Gasteiger partial charge in [-0.05, 0) is 19.8 Å². The van der Waals surface area contributed by atoms with E-state index in [0.29, 0.717) is 6.04 Å². The second-order valence-corrected chi connectivity index (χ2v) is 5.93. The number of hydrogen-bond acceptors (Lipinski definition) is 4. The largest absolute Gasteiger partial charge is 0.312 e. The first-order valence-electron chi connectivity index (χ1n) is 6.21. The van der Waals surface area contributed by atoms with E-state index >= 15 is 0 Å². The second-order valence-electron chi connectivity index (χ2n) is 5.04. The molecule has 0 amide bonds. The summed E-state index contributed by atoms with van der Waals surface area (Å²) >= 11 is 1.86. The molecule has 0 spiro atoms. The first-order chi connectivity index (χ1) is 7.81. The molecule has 2 heterocycles. The Morgan fingerprint density at radius 2 is 2.35 bits per heavy atom. The van der Waals surface area contributed by atoms with Gasteiger partial charge >= 0.3 is 0 Å². The van der Waals surface area contributed by atoms with Gasteiger partial charge in [0.15, 0.2) is 0 Å². The molecule has 1 N–H and O–H groups in total. The molecule has 1 aromatic heterocycles. The molecule has 96 valence electrons. The third kappa shape index (κ3) is 3.41. The van der Waals surface area contributed by atoms with Gasteiger partial charge in [-0.1, -0.05) is 0 Å². The van der Waals surface area contributed by atoms with Crippen LogP contribution in [0, 0.1) is 0 Å². The highest BCUT2D eigenvalue weighted by molar-refractivity contribution is 7.09. The lowest BCUT2D eigenvalue weighted by atomic mass is 10.2. The summed E-state index contributed by atoms with van der Waals surface area (Å²) in [5, 5.41) is 7.10. The van der Waals surface area contributed by atoms with Gasteiger partial charge in [0.25, 0.3) is 0 Å². The van der Waals surface area contributed by atoms with Crippen LogP contribution in [0.5, 0.6) is 0 Å². The minimum Gasteiger partial charge on any atom is -0.312 e. The van der Waals surface area contributed by atoms with Gasteiger partial charge in [0, 0.05) is 43.5 Å². The average Bonchev–Trinajstić information content (AvgIpc) is 3.01. The van der Waals surface area contributed by atoms with Crippen LogP contribution in [0.25, 0.3) is 0 Å². The molecular formula is C12H20ClN3S. The molecule has 1 aliphatic carbocycles. The number of hydrogen-bond donors (Lipinski definition) is 1. The molecule has 1 saturated heterocycles. The number of aromatic nitrogens is 1. The molecule has 3 rings (SSSR count). The Morgan fingerprint density at radius 3 is 3.06 bits per heavy atom. The molecule has 1 atom stereocenters. The van der Waals surface area contributed by atoms with Crippen LogP contribution in [-0.2, 0) is 6.54 Å². The molecule has 0 bridgehead atoms. The molecule has 1 unspecified atom stereocenters. The summed E-state index contributed by atoms with van der Waals surface area (Å²) < 4.78 is 0. The van der Waals surface area contributed by atoms with E-state index in [0.717, 1.165) is 32.1 Å². The van der Waals surface area contributed by atoms with Gasteiger partial charge in [-0.2, -0.15) is 0 Å². The normalized spacial score (nSPS) is 25.6. The van der Waals surface area contributed by atoms with E-state index in [-0.39, 0.29) is 12.4 Å². The predicted molar refractivity (Wildman–Crippen MR) is 74.1 cm³/mol. The average molecular weight is 274 g/mol. The Morgan fingerprint density at radius 1 is 1.53 bits per heavy atom. The van der Waals surface area contributed by atoms with E-state index in [1.807, 2.05) is 11.3 Å². The molecule has 1 aliphatic heterocycles. The lowest BCUT2D eigenvalue weighted by Crippen LogP contribution is -2.48. The molecule has 0 radical (unpaired) electrons. The topological polar surface area (TPSA) is 28.2 Å². The van der Waals surface area contributed by atoms with E-state index < -0.39 is 0 Å². The van der Waals surface area contributed by atoms with Crippen LogP contribution in [0.1, 0.15) is 36.4 Å². The van der Waals surface area contributed by atoms with E-state index in [1.54, 1.807) is 0 Å². The van der Waals surface area contributed by atoms with Crippen molar-refractivity contribution in [3.05, 3.63) is 16.1 Å². The Hall–Kier alpha value is -0.160. The quantitative estimate of drug-likeness (QED) is 0.916. The highest BCUT2D eigenvalue weighted by Crippen LogP contribution is 2.41. The summed E-state index contributed by atoms with van der Waals surface area (Å²) in [4.78, 5) is 7.25. The van der Waals surface area contributed by atoms with Crippen molar-refractivity contribution in [2.24, 2.45) is 0 Å². The second kappa shape index (κ2) is 5.65.